The van der Waals surface area contributed by atoms with E-state index in [-0.39, 0.29) is 0 Å². The summed E-state index contributed by atoms with van der Waals surface area (Å²) in [5.41, 5.74) is 2.39. The third-order valence-electron chi connectivity index (χ3n) is 3.28. The summed E-state index contributed by atoms with van der Waals surface area (Å²) in [5.74, 6) is 0. The predicted octanol–water partition coefficient (Wildman–Crippen LogP) is 3.81. The molecule has 0 N–H and O–H groups in total. The van der Waals surface area contributed by atoms with Crippen LogP contribution in [0, 0.1) is 0 Å². The van der Waals surface area contributed by atoms with Crippen LogP contribution in [0.5, 0.6) is 0 Å². The first-order valence-electron chi connectivity index (χ1n) is 6.50. The van der Waals surface area contributed by atoms with E-state index in [0.717, 1.165) is 10.8 Å². The van der Waals surface area contributed by atoms with Crippen molar-refractivity contribution in [3.8, 4) is 0 Å². The number of hydrogen-bond acceptors (Lipinski definition) is 2. The topological polar surface area (TPSA) is 30.7 Å². The summed E-state index contributed by atoms with van der Waals surface area (Å²) in [6.07, 6.45) is 7.40. The Kier molecular flexibility index (Phi) is 3.42. The lowest BCUT2D eigenvalue weighted by Crippen LogP contribution is -1.85. The lowest BCUT2D eigenvalue weighted by Gasteiger charge is -1.95. The number of benzene rings is 1. The molecule has 3 heterocycles. The fourth-order valence-corrected chi connectivity index (χ4v) is 2.29. The third-order valence-corrected chi connectivity index (χ3v) is 3.28. The van der Waals surface area contributed by atoms with E-state index in [1.807, 2.05) is 73.3 Å². The highest BCUT2D eigenvalue weighted by Gasteiger charge is 2.06. The van der Waals surface area contributed by atoms with Crippen LogP contribution in [0.25, 0.3) is 21.8 Å². The fourth-order valence-electron chi connectivity index (χ4n) is 2.29. The molecule has 3 heteroatoms. The van der Waals surface area contributed by atoms with Gasteiger partial charge in [-0.1, -0.05) is 36.4 Å². The van der Waals surface area contributed by atoms with Gasteiger partial charge in [0, 0.05) is 42.6 Å². The number of fused-ring (bicyclic) bond motifs is 3. The molecule has 4 aromatic rings. The molecule has 0 amide bonds. The van der Waals surface area contributed by atoms with E-state index in [2.05, 4.69) is 21.6 Å². The molecule has 0 aliphatic carbocycles. The van der Waals surface area contributed by atoms with Crippen molar-refractivity contribution in [2.75, 3.05) is 0 Å². The average molecular weight is 261 g/mol. The summed E-state index contributed by atoms with van der Waals surface area (Å²) in [7, 11) is 2.06. The van der Waals surface area contributed by atoms with Crippen molar-refractivity contribution in [1.82, 2.24) is 14.5 Å². The number of aromatic nitrogens is 3. The van der Waals surface area contributed by atoms with Crippen molar-refractivity contribution in [1.29, 1.82) is 0 Å². The molecule has 3 aromatic heterocycles. The molecule has 20 heavy (non-hydrogen) atoms. The maximum atomic E-state index is 4.14. The van der Waals surface area contributed by atoms with Gasteiger partial charge in [-0.05, 0) is 12.1 Å². The highest BCUT2D eigenvalue weighted by atomic mass is 14.9. The molecule has 0 saturated carbocycles. The van der Waals surface area contributed by atoms with Crippen molar-refractivity contribution in [2.45, 2.75) is 0 Å². The molecule has 98 valence electrons. The monoisotopic (exact) mass is 261 g/mol. The normalized spacial score (nSPS) is 10.2. The van der Waals surface area contributed by atoms with E-state index in [1.165, 1.54) is 11.0 Å². The minimum atomic E-state index is 1.16. The van der Waals surface area contributed by atoms with Gasteiger partial charge >= 0.3 is 0 Å². The zero-order valence-electron chi connectivity index (χ0n) is 11.3. The Morgan fingerprint density at radius 3 is 1.50 bits per heavy atom. The Labute approximate surface area is 117 Å². The zero-order chi connectivity index (χ0) is 13.8. The Morgan fingerprint density at radius 1 is 0.700 bits per heavy atom. The van der Waals surface area contributed by atoms with Gasteiger partial charge in [0.2, 0.25) is 0 Å². The SMILES string of the molecule is Cn1c2ccncc2c2cnccc21.c1ccccc1. The Bertz CT molecular complexity index is 739. The minimum absolute atomic E-state index is 1.16. The molecular formula is C17H15N3. The molecule has 0 fully saturated rings. The van der Waals surface area contributed by atoms with E-state index in [0.29, 0.717) is 0 Å². The number of rotatable bonds is 0. The molecule has 0 unspecified atom stereocenters. The number of nitrogens with zero attached hydrogens (tertiary/aromatic N) is 3. The van der Waals surface area contributed by atoms with E-state index in [9.17, 15) is 0 Å². The second-order valence-electron chi connectivity index (χ2n) is 4.50. The molecule has 4 rings (SSSR count). The quantitative estimate of drug-likeness (QED) is 0.482. The minimum Gasteiger partial charge on any atom is -0.343 e. The predicted molar refractivity (Wildman–Crippen MR) is 82.5 cm³/mol. The summed E-state index contributed by atoms with van der Waals surface area (Å²) in [6, 6.07) is 16.0. The summed E-state index contributed by atoms with van der Waals surface area (Å²) < 4.78 is 2.16. The molecule has 0 radical (unpaired) electrons. The van der Waals surface area contributed by atoms with E-state index < -0.39 is 0 Å². The molecule has 3 nitrogen and oxygen atoms in total. The molecule has 0 spiro atoms. The van der Waals surface area contributed by atoms with Crippen molar-refractivity contribution in [3.05, 3.63) is 73.3 Å². The molecule has 0 aliphatic heterocycles. The molecular weight excluding hydrogens is 246 g/mol. The van der Waals surface area contributed by atoms with Gasteiger partial charge in [-0.2, -0.15) is 0 Å². The number of pyridine rings is 2. The number of hydrogen-bond donors (Lipinski definition) is 0. The Morgan fingerprint density at radius 2 is 1.10 bits per heavy atom. The highest BCUT2D eigenvalue weighted by Crippen LogP contribution is 2.25. The molecule has 0 atom stereocenters. The van der Waals surface area contributed by atoms with Crippen LogP contribution in [0.15, 0.2) is 73.3 Å². The summed E-state index contributed by atoms with van der Waals surface area (Å²) in [4.78, 5) is 8.27. The van der Waals surface area contributed by atoms with Crippen LogP contribution in [0.4, 0.5) is 0 Å². The second kappa shape index (κ2) is 5.53. The highest BCUT2D eigenvalue weighted by molar-refractivity contribution is 6.06. The van der Waals surface area contributed by atoms with Gasteiger partial charge in [-0.15, -0.1) is 0 Å². The standard InChI is InChI=1S/C11H9N3.C6H6/c1-14-10-2-4-12-6-8(10)9-7-13-5-3-11(9)14;1-2-4-6-5-3-1/h2-7H,1H3;1-6H. The fraction of sp³-hybridized carbons (Fsp3) is 0.0588. The van der Waals surface area contributed by atoms with Crippen LogP contribution < -0.4 is 0 Å². The van der Waals surface area contributed by atoms with Crippen LogP contribution in [-0.4, -0.2) is 14.5 Å². The van der Waals surface area contributed by atoms with E-state index in [4.69, 9.17) is 0 Å². The van der Waals surface area contributed by atoms with Crippen molar-refractivity contribution in [2.24, 2.45) is 7.05 Å². The largest absolute Gasteiger partial charge is 0.343 e. The maximum absolute atomic E-state index is 4.14. The van der Waals surface area contributed by atoms with Crippen LogP contribution in [0.3, 0.4) is 0 Å². The summed E-state index contributed by atoms with van der Waals surface area (Å²) in [5, 5.41) is 2.33. The lowest BCUT2D eigenvalue weighted by molar-refractivity contribution is 1.01. The zero-order valence-corrected chi connectivity index (χ0v) is 11.3. The second-order valence-corrected chi connectivity index (χ2v) is 4.50. The molecule has 0 saturated heterocycles. The van der Waals surface area contributed by atoms with Crippen LogP contribution in [-0.2, 0) is 7.05 Å². The number of aryl methyl sites for hydroxylation is 1. The van der Waals surface area contributed by atoms with Crippen molar-refractivity contribution in [3.63, 3.8) is 0 Å². The van der Waals surface area contributed by atoms with Gasteiger partial charge in [0.15, 0.2) is 0 Å². The van der Waals surface area contributed by atoms with Gasteiger partial charge < -0.3 is 4.57 Å². The molecule has 1 aromatic carbocycles. The van der Waals surface area contributed by atoms with Gasteiger partial charge in [0.25, 0.3) is 0 Å². The Balaban J connectivity index is 0.000000170. The van der Waals surface area contributed by atoms with Gasteiger partial charge in [-0.25, -0.2) is 0 Å². The summed E-state index contributed by atoms with van der Waals surface area (Å²) in [6.45, 7) is 0. The maximum Gasteiger partial charge on any atom is 0.0520 e. The van der Waals surface area contributed by atoms with Crippen LogP contribution in [0.1, 0.15) is 0 Å². The van der Waals surface area contributed by atoms with Crippen LogP contribution in [0.2, 0.25) is 0 Å². The van der Waals surface area contributed by atoms with Gasteiger partial charge in [0.1, 0.15) is 0 Å². The van der Waals surface area contributed by atoms with Crippen molar-refractivity contribution >= 4 is 21.8 Å². The first-order valence-corrected chi connectivity index (χ1v) is 6.50. The molecule has 0 aliphatic rings. The smallest absolute Gasteiger partial charge is 0.0520 e. The van der Waals surface area contributed by atoms with Gasteiger partial charge in [-0.3, -0.25) is 9.97 Å². The molecule has 0 bridgehead atoms. The van der Waals surface area contributed by atoms with E-state index in [1.54, 1.807) is 0 Å². The average Bonchev–Trinajstić information content (AvgIpc) is 2.84. The van der Waals surface area contributed by atoms with E-state index >= 15 is 0 Å². The first-order chi connectivity index (χ1) is 9.88. The third kappa shape index (κ3) is 2.26. The Hall–Kier alpha value is -2.68. The van der Waals surface area contributed by atoms with Crippen LogP contribution >= 0.6 is 0 Å². The van der Waals surface area contributed by atoms with Gasteiger partial charge in [0.05, 0.1) is 11.0 Å². The lowest BCUT2D eigenvalue weighted by atomic mass is 10.2. The first kappa shape index (κ1) is 12.4. The summed E-state index contributed by atoms with van der Waals surface area (Å²) >= 11 is 0. The van der Waals surface area contributed by atoms with Crippen molar-refractivity contribution < 1.29 is 0 Å².